The standard InChI is InChI=1S/C17H15N3O3S2/c1-9-15(25-10(2)18-9)16(21)20-17-19-12(8-24-17)11-3-4-13-14(7-11)23-6-5-22-13/h3-4,7-8H,5-6H2,1-2H3,(H,19,20,21). The first-order valence-corrected chi connectivity index (χ1v) is 9.41. The molecule has 128 valence electrons. The molecule has 1 N–H and O–H groups in total. The minimum atomic E-state index is -0.175. The Hall–Kier alpha value is -2.45. The third-order valence-electron chi connectivity index (χ3n) is 3.67. The molecule has 0 aliphatic carbocycles. The fraction of sp³-hybridized carbons (Fsp3) is 0.235. The van der Waals surface area contributed by atoms with Gasteiger partial charge in [-0.2, -0.15) is 0 Å². The van der Waals surface area contributed by atoms with E-state index in [1.807, 2.05) is 37.4 Å². The number of fused-ring (bicyclic) bond motifs is 1. The summed E-state index contributed by atoms with van der Waals surface area (Å²) in [6, 6.07) is 5.72. The number of aromatic nitrogens is 2. The van der Waals surface area contributed by atoms with Crippen LogP contribution in [-0.2, 0) is 0 Å². The molecular formula is C17H15N3O3S2. The number of ether oxygens (including phenoxy) is 2. The maximum Gasteiger partial charge on any atom is 0.269 e. The second kappa shape index (κ2) is 6.45. The largest absolute Gasteiger partial charge is 0.486 e. The van der Waals surface area contributed by atoms with Crippen LogP contribution in [0, 0.1) is 13.8 Å². The molecular weight excluding hydrogens is 358 g/mol. The van der Waals surface area contributed by atoms with Gasteiger partial charge in [-0.05, 0) is 32.0 Å². The second-order valence-corrected chi connectivity index (χ2v) is 7.56. The molecule has 0 unspecified atom stereocenters. The molecule has 0 radical (unpaired) electrons. The molecule has 1 aromatic carbocycles. The average Bonchev–Trinajstić information content (AvgIpc) is 3.20. The molecule has 0 fully saturated rings. The highest BCUT2D eigenvalue weighted by molar-refractivity contribution is 7.15. The van der Waals surface area contributed by atoms with Crippen molar-refractivity contribution in [1.82, 2.24) is 9.97 Å². The summed E-state index contributed by atoms with van der Waals surface area (Å²) in [7, 11) is 0. The zero-order valence-corrected chi connectivity index (χ0v) is 15.3. The van der Waals surface area contributed by atoms with Gasteiger partial charge in [0.1, 0.15) is 18.1 Å². The van der Waals surface area contributed by atoms with Gasteiger partial charge in [-0.1, -0.05) is 0 Å². The molecule has 0 saturated heterocycles. The molecule has 25 heavy (non-hydrogen) atoms. The summed E-state index contributed by atoms with van der Waals surface area (Å²) >= 11 is 2.77. The topological polar surface area (TPSA) is 73.3 Å². The number of benzene rings is 1. The van der Waals surface area contributed by atoms with Gasteiger partial charge in [0, 0.05) is 10.9 Å². The van der Waals surface area contributed by atoms with Gasteiger partial charge < -0.3 is 9.47 Å². The van der Waals surface area contributed by atoms with Gasteiger partial charge >= 0.3 is 0 Å². The predicted octanol–water partition coefficient (Wildman–Crippen LogP) is 3.91. The third kappa shape index (κ3) is 3.22. The van der Waals surface area contributed by atoms with Gasteiger partial charge in [-0.15, -0.1) is 22.7 Å². The number of nitrogens with zero attached hydrogens (tertiary/aromatic N) is 2. The van der Waals surface area contributed by atoms with Crippen LogP contribution in [0.4, 0.5) is 5.13 Å². The SMILES string of the molecule is Cc1nc(C)c(C(=O)Nc2nc(-c3ccc4c(c3)OCCO4)cs2)s1. The maximum atomic E-state index is 12.4. The number of hydrogen-bond acceptors (Lipinski definition) is 7. The third-order valence-corrected chi connectivity index (χ3v) is 5.50. The van der Waals surface area contributed by atoms with Crippen molar-refractivity contribution in [3.63, 3.8) is 0 Å². The van der Waals surface area contributed by atoms with Crippen LogP contribution >= 0.6 is 22.7 Å². The summed E-state index contributed by atoms with van der Waals surface area (Å²) in [5, 5.41) is 6.19. The Morgan fingerprint density at radius 1 is 1.16 bits per heavy atom. The Labute approximate surface area is 152 Å². The Morgan fingerprint density at radius 3 is 2.72 bits per heavy atom. The smallest absolute Gasteiger partial charge is 0.269 e. The van der Waals surface area contributed by atoms with E-state index in [-0.39, 0.29) is 5.91 Å². The fourth-order valence-corrected chi connectivity index (χ4v) is 4.09. The van der Waals surface area contributed by atoms with Crippen molar-refractivity contribution in [2.45, 2.75) is 13.8 Å². The molecule has 8 heteroatoms. The van der Waals surface area contributed by atoms with E-state index in [2.05, 4.69) is 15.3 Å². The zero-order valence-electron chi connectivity index (χ0n) is 13.7. The van der Waals surface area contributed by atoms with E-state index in [0.29, 0.717) is 23.2 Å². The average molecular weight is 373 g/mol. The quantitative estimate of drug-likeness (QED) is 0.754. The highest BCUT2D eigenvalue weighted by Gasteiger charge is 2.17. The monoisotopic (exact) mass is 373 g/mol. The van der Waals surface area contributed by atoms with E-state index in [0.717, 1.165) is 33.5 Å². The number of hydrogen-bond donors (Lipinski definition) is 1. The second-order valence-electron chi connectivity index (χ2n) is 5.50. The molecule has 2 aromatic heterocycles. The molecule has 0 bridgehead atoms. The van der Waals surface area contributed by atoms with E-state index in [4.69, 9.17) is 9.47 Å². The number of nitrogens with one attached hydrogen (secondary N) is 1. The molecule has 0 atom stereocenters. The lowest BCUT2D eigenvalue weighted by Gasteiger charge is -2.18. The van der Waals surface area contributed by atoms with Crippen molar-refractivity contribution in [2.75, 3.05) is 18.5 Å². The van der Waals surface area contributed by atoms with Crippen LogP contribution in [0.15, 0.2) is 23.6 Å². The van der Waals surface area contributed by atoms with E-state index in [9.17, 15) is 4.79 Å². The van der Waals surface area contributed by atoms with Crippen molar-refractivity contribution < 1.29 is 14.3 Å². The fourth-order valence-electron chi connectivity index (χ4n) is 2.56. The van der Waals surface area contributed by atoms with Gasteiger partial charge in [-0.3, -0.25) is 10.1 Å². The maximum absolute atomic E-state index is 12.4. The molecule has 0 saturated carbocycles. The summed E-state index contributed by atoms with van der Waals surface area (Å²) in [6.45, 7) is 4.83. The molecule has 1 aliphatic heterocycles. The van der Waals surface area contributed by atoms with Crippen molar-refractivity contribution in [2.24, 2.45) is 0 Å². The Morgan fingerprint density at radius 2 is 1.96 bits per heavy atom. The van der Waals surface area contributed by atoms with E-state index in [1.54, 1.807) is 0 Å². The summed E-state index contributed by atoms with van der Waals surface area (Å²) in [5.74, 6) is 1.29. The van der Waals surface area contributed by atoms with E-state index < -0.39 is 0 Å². The molecule has 0 spiro atoms. The lowest BCUT2D eigenvalue weighted by Crippen LogP contribution is -2.15. The number of amides is 1. The number of rotatable bonds is 3. The minimum Gasteiger partial charge on any atom is -0.486 e. The van der Waals surface area contributed by atoms with Crippen LogP contribution in [0.25, 0.3) is 11.3 Å². The lowest BCUT2D eigenvalue weighted by molar-refractivity contribution is 0.103. The number of aryl methyl sites for hydroxylation is 2. The molecule has 1 amide bonds. The van der Waals surface area contributed by atoms with Gasteiger partial charge in [0.05, 0.1) is 16.4 Å². The Kier molecular flexibility index (Phi) is 4.14. The minimum absolute atomic E-state index is 0.175. The normalized spacial score (nSPS) is 12.9. The Balaban J connectivity index is 1.54. The molecule has 6 nitrogen and oxygen atoms in total. The molecule has 1 aliphatic rings. The first-order valence-electron chi connectivity index (χ1n) is 7.71. The molecule has 4 rings (SSSR count). The summed E-state index contributed by atoms with van der Waals surface area (Å²) in [6.07, 6.45) is 0. The van der Waals surface area contributed by atoms with Crippen molar-refractivity contribution in [3.8, 4) is 22.8 Å². The number of carbonyl (C=O) groups excluding carboxylic acids is 1. The van der Waals surface area contributed by atoms with Crippen molar-refractivity contribution >= 4 is 33.7 Å². The highest BCUT2D eigenvalue weighted by atomic mass is 32.1. The van der Waals surface area contributed by atoms with Gasteiger partial charge in [-0.25, -0.2) is 9.97 Å². The molecule has 3 aromatic rings. The summed E-state index contributed by atoms with van der Waals surface area (Å²) < 4.78 is 11.1. The lowest BCUT2D eigenvalue weighted by atomic mass is 10.1. The van der Waals surface area contributed by atoms with Crippen molar-refractivity contribution in [3.05, 3.63) is 39.2 Å². The zero-order chi connectivity index (χ0) is 17.4. The first-order chi connectivity index (χ1) is 12.1. The first kappa shape index (κ1) is 16.0. The number of thiazole rings is 2. The van der Waals surface area contributed by atoms with Crippen LogP contribution in [-0.4, -0.2) is 29.1 Å². The number of anilines is 1. The van der Waals surface area contributed by atoms with Gasteiger partial charge in [0.2, 0.25) is 0 Å². The van der Waals surface area contributed by atoms with Crippen LogP contribution in [0.1, 0.15) is 20.4 Å². The van der Waals surface area contributed by atoms with Crippen LogP contribution in [0.2, 0.25) is 0 Å². The van der Waals surface area contributed by atoms with E-state index in [1.165, 1.54) is 22.7 Å². The van der Waals surface area contributed by atoms with Crippen LogP contribution in [0.3, 0.4) is 0 Å². The number of carbonyl (C=O) groups is 1. The summed E-state index contributed by atoms with van der Waals surface area (Å²) in [4.78, 5) is 21.8. The van der Waals surface area contributed by atoms with E-state index >= 15 is 0 Å². The predicted molar refractivity (Wildman–Crippen MR) is 98.1 cm³/mol. The summed E-state index contributed by atoms with van der Waals surface area (Å²) in [5.41, 5.74) is 2.45. The molecule has 3 heterocycles. The van der Waals surface area contributed by atoms with Crippen LogP contribution < -0.4 is 14.8 Å². The van der Waals surface area contributed by atoms with Gasteiger partial charge in [0.15, 0.2) is 16.6 Å². The van der Waals surface area contributed by atoms with Crippen molar-refractivity contribution in [1.29, 1.82) is 0 Å². The Bertz CT molecular complexity index is 949. The van der Waals surface area contributed by atoms with Crippen LogP contribution in [0.5, 0.6) is 11.5 Å². The van der Waals surface area contributed by atoms with Gasteiger partial charge in [0.25, 0.3) is 5.91 Å². The highest BCUT2D eigenvalue weighted by Crippen LogP contribution is 2.35.